The molecule has 3 N–H and O–H groups in total. The van der Waals surface area contributed by atoms with Crippen molar-refractivity contribution >= 4 is 29.4 Å². The molecule has 1 fully saturated rings. The van der Waals surface area contributed by atoms with Gasteiger partial charge >= 0.3 is 12.0 Å². The maximum atomic E-state index is 11.9. The van der Waals surface area contributed by atoms with Crippen LogP contribution in [0.3, 0.4) is 0 Å². The third-order valence-electron chi connectivity index (χ3n) is 3.95. The van der Waals surface area contributed by atoms with Crippen LogP contribution in [0.2, 0.25) is 0 Å². The number of carbonyl (C=O) groups excluding carboxylic acids is 1. The van der Waals surface area contributed by atoms with Crippen LogP contribution in [-0.4, -0.2) is 29.9 Å². The third-order valence-corrected chi connectivity index (χ3v) is 4.69. The van der Waals surface area contributed by atoms with Gasteiger partial charge in [-0.25, -0.2) is 4.79 Å². The van der Waals surface area contributed by atoms with Crippen molar-refractivity contribution in [1.82, 2.24) is 5.32 Å². The van der Waals surface area contributed by atoms with Crippen molar-refractivity contribution in [3.8, 4) is 0 Å². The molecule has 2 amide bonds. The molecule has 6 heteroatoms. The topological polar surface area (TPSA) is 78.4 Å². The minimum Gasteiger partial charge on any atom is -0.481 e. The molecule has 0 saturated heterocycles. The minimum absolute atomic E-state index is 0.178. The van der Waals surface area contributed by atoms with E-state index < -0.39 is 11.4 Å². The monoisotopic (exact) mass is 308 g/mol. The molecule has 5 nitrogen and oxygen atoms in total. The standard InChI is InChI=1S/C15H20N2O3S/c1-21-12-6-4-11(5-7-12)17-14(20)16-10-15(13(18)19)8-2-3-9-15/h4-7H,2-3,8-10H2,1H3,(H,18,19)(H2,16,17,20). The van der Waals surface area contributed by atoms with Crippen molar-refractivity contribution in [2.75, 3.05) is 18.1 Å². The Bertz CT molecular complexity index is 510. The molecule has 1 aromatic rings. The van der Waals surface area contributed by atoms with Gasteiger partial charge in [0.25, 0.3) is 0 Å². The van der Waals surface area contributed by atoms with Crippen LogP contribution in [0.15, 0.2) is 29.2 Å². The first-order valence-electron chi connectivity index (χ1n) is 6.98. The van der Waals surface area contributed by atoms with Gasteiger partial charge in [0.1, 0.15) is 0 Å². The summed E-state index contributed by atoms with van der Waals surface area (Å²) >= 11 is 1.63. The zero-order valence-electron chi connectivity index (χ0n) is 12.0. The maximum absolute atomic E-state index is 11.9. The average molecular weight is 308 g/mol. The number of hydrogen-bond donors (Lipinski definition) is 3. The molecular weight excluding hydrogens is 288 g/mol. The third kappa shape index (κ3) is 3.91. The van der Waals surface area contributed by atoms with Crippen LogP contribution < -0.4 is 10.6 Å². The summed E-state index contributed by atoms with van der Waals surface area (Å²) in [6, 6.07) is 7.15. The van der Waals surface area contributed by atoms with Crippen LogP contribution >= 0.6 is 11.8 Å². The van der Waals surface area contributed by atoms with Gasteiger partial charge in [0.05, 0.1) is 5.41 Å². The molecule has 0 unspecified atom stereocenters. The molecule has 0 heterocycles. The molecule has 114 valence electrons. The lowest BCUT2D eigenvalue weighted by Gasteiger charge is -2.24. The van der Waals surface area contributed by atoms with Gasteiger partial charge in [-0.15, -0.1) is 11.8 Å². The van der Waals surface area contributed by atoms with Gasteiger partial charge in [-0.2, -0.15) is 0 Å². The number of rotatable bonds is 5. The van der Waals surface area contributed by atoms with Crippen LogP contribution in [0.1, 0.15) is 25.7 Å². The van der Waals surface area contributed by atoms with Crippen molar-refractivity contribution in [2.45, 2.75) is 30.6 Å². The summed E-state index contributed by atoms with van der Waals surface area (Å²) in [5.41, 5.74) is -0.0962. The Morgan fingerprint density at radius 3 is 2.38 bits per heavy atom. The number of carbonyl (C=O) groups is 2. The van der Waals surface area contributed by atoms with Gasteiger partial charge in [0.2, 0.25) is 0 Å². The molecule has 0 bridgehead atoms. The van der Waals surface area contributed by atoms with Crippen LogP contribution in [0.4, 0.5) is 10.5 Å². The number of carboxylic acid groups (broad SMARTS) is 1. The maximum Gasteiger partial charge on any atom is 0.319 e. The molecule has 2 rings (SSSR count). The van der Waals surface area contributed by atoms with E-state index in [1.54, 1.807) is 11.8 Å². The minimum atomic E-state index is -0.815. The summed E-state index contributed by atoms with van der Waals surface area (Å²) in [5, 5.41) is 14.8. The highest BCUT2D eigenvalue weighted by Crippen LogP contribution is 2.37. The molecule has 0 aliphatic heterocycles. The highest BCUT2D eigenvalue weighted by Gasteiger charge is 2.41. The van der Waals surface area contributed by atoms with Crippen molar-refractivity contribution < 1.29 is 14.7 Å². The fraction of sp³-hybridized carbons (Fsp3) is 0.467. The fourth-order valence-electron chi connectivity index (χ4n) is 2.62. The Kier molecular flexibility index (Phi) is 5.12. The largest absolute Gasteiger partial charge is 0.481 e. The van der Waals surface area contributed by atoms with Crippen LogP contribution in [0.5, 0.6) is 0 Å². The van der Waals surface area contributed by atoms with E-state index in [1.165, 1.54) is 0 Å². The Labute approximate surface area is 128 Å². The van der Waals surface area contributed by atoms with Gasteiger partial charge in [-0.05, 0) is 43.4 Å². The Morgan fingerprint density at radius 1 is 1.24 bits per heavy atom. The second-order valence-electron chi connectivity index (χ2n) is 5.33. The molecule has 0 spiro atoms. The van der Waals surface area contributed by atoms with Crippen LogP contribution in [0.25, 0.3) is 0 Å². The highest BCUT2D eigenvalue weighted by molar-refractivity contribution is 7.98. The molecule has 21 heavy (non-hydrogen) atoms. The molecule has 1 aromatic carbocycles. The van der Waals surface area contributed by atoms with Gasteiger partial charge in [-0.3, -0.25) is 4.79 Å². The van der Waals surface area contributed by atoms with E-state index in [0.717, 1.165) is 17.7 Å². The lowest BCUT2D eigenvalue weighted by Crippen LogP contribution is -2.42. The van der Waals surface area contributed by atoms with E-state index in [4.69, 9.17) is 0 Å². The van der Waals surface area contributed by atoms with Crippen molar-refractivity contribution in [1.29, 1.82) is 0 Å². The molecule has 1 aliphatic carbocycles. The van der Waals surface area contributed by atoms with Crippen molar-refractivity contribution in [3.05, 3.63) is 24.3 Å². The number of thioether (sulfide) groups is 1. The second kappa shape index (κ2) is 6.85. The number of urea groups is 1. The summed E-state index contributed by atoms with van der Waals surface area (Å²) in [4.78, 5) is 24.4. The molecule has 1 aliphatic rings. The van der Waals surface area contributed by atoms with E-state index in [0.29, 0.717) is 18.5 Å². The molecule has 0 atom stereocenters. The molecule has 0 radical (unpaired) electrons. The predicted molar refractivity (Wildman–Crippen MR) is 83.8 cm³/mol. The summed E-state index contributed by atoms with van der Waals surface area (Å²) < 4.78 is 0. The van der Waals surface area contributed by atoms with E-state index in [2.05, 4.69) is 10.6 Å². The van der Waals surface area contributed by atoms with Gasteiger partial charge in [0, 0.05) is 17.1 Å². The van der Waals surface area contributed by atoms with E-state index >= 15 is 0 Å². The van der Waals surface area contributed by atoms with E-state index in [9.17, 15) is 14.7 Å². The zero-order valence-corrected chi connectivity index (χ0v) is 12.8. The Morgan fingerprint density at radius 2 is 1.86 bits per heavy atom. The number of aliphatic carboxylic acids is 1. The summed E-state index contributed by atoms with van der Waals surface area (Å²) in [6.45, 7) is 0.178. The first-order chi connectivity index (χ1) is 10.1. The molecule has 0 aromatic heterocycles. The predicted octanol–water partition coefficient (Wildman–Crippen LogP) is 3.18. The van der Waals surface area contributed by atoms with Crippen LogP contribution in [0, 0.1) is 5.41 Å². The Hall–Kier alpha value is -1.69. The smallest absolute Gasteiger partial charge is 0.319 e. The molecular formula is C15H20N2O3S. The number of benzene rings is 1. The second-order valence-corrected chi connectivity index (χ2v) is 6.21. The lowest BCUT2D eigenvalue weighted by atomic mass is 9.86. The number of carboxylic acids is 1. The summed E-state index contributed by atoms with van der Waals surface area (Å²) in [7, 11) is 0. The average Bonchev–Trinajstić information content (AvgIpc) is 2.96. The zero-order chi connectivity index (χ0) is 15.3. The van der Waals surface area contributed by atoms with Crippen molar-refractivity contribution in [3.63, 3.8) is 0 Å². The Balaban J connectivity index is 1.87. The highest BCUT2D eigenvalue weighted by atomic mass is 32.2. The number of anilines is 1. The van der Waals surface area contributed by atoms with Gasteiger partial charge < -0.3 is 15.7 Å². The number of nitrogens with one attached hydrogen (secondary N) is 2. The van der Waals surface area contributed by atoms with Crippen LogP contribution in [-0.2, 0) is 4.79 Å². The molecule has 1 saturated carbocycles. The van der Waals surface area contributed by atoms with E-state index in [1.807, 2.05) is 30.5 Å². The van der Waals surface area contributed by atoms with Gasteiger partial charge in [0.15, 0.2) is 0 Å². The van der Waals surface area contributed by atoms with Crippen molar-refractivity contribution in [2.24, 2.45) is 5.41 Å². The fourth-order valence-corrected chi connectivity index (χ4v) is 3.03. The number of hydrogen-bond acceptors (Lipinski definition) is 3. The first-order valence-corrected chi connectivity index (χ1v) is 8.20. The van der Waals surface area contributed by atoms with E-state index in [-0.39, 0.29) is 12.6 Å². The quantitative estimate of drug-likeness (QED) is 0.730. The summed E-state index contributed by atoms with van der Waals surface area (Å²) in [6.07, 6.45) is 5.07. The summed E-state index contributed by atoms with van der Waals surface area (Å²) in [5.74, 6) is -0.815. The SMILES string of the molecule is CSc1ccc(NC(=O)NCC2(C(=O)O)CCCC2)cc1. The number of amides is 2. The normalized spacial score (nSPS) is 16.4. The lowest BCUT2D eigenvalue weighted by molar-refractivity contribution is -0.148. The van der Waals surface area contributed by atoms with Gasteiger partial charge in [-0.1, -0.05) is 12.8 Å². The first kappa shape index (κ1) is 15.7.